The van der Waals surface area contributed by atoms with Crippen LogP contribution < -0.4 is 5.32 Å². The molecule has 1 aromatic heterocycles. The van der Waals surface area contributed by atoms with E-state index < -0.39 is 23.6 Å². The number of carbonyl (C=O) groups excluding carboxylic acids is 1. The molecule has 1 aliphatic heterocycles. The molecular formula is C22H22ClF2N3O4. The SMILES string of the molecule is CCOC(=O)C1=C(COCCOC)NC(c2ncccc2F)=NC1c1ccc(F)cc1Cl. The van der Waals surface area contributed by atoms with E-state index in [9.17, 15) is 13.6 Å². The molecule has 0 aliphatic carbocycles. The van der Waals surface area contributed by atoms with Crippen LogP contribution in [0.25, 0.3) is 0 Å². The number of ether oxygens (including phenoxy) is 3. The number of halogens is 3. The number of hydrogen-bond donors (Lipinski definition) is 1. The Bertz CT molecular complexity index is 1050. The van der Waals surface area contributed by atoms with E-state index >= 15 is 0 Å². The fraction of sp³-hybridized carbons (Fsp3) is 0.318. The Morgan fingerprint density at radius 3 is 2.75 bits per heavy atom. The molecule has 2 aromatic rings. The van der Waals surface area contributed by atoms with Crippen LogP contribution in [-0.4, -0.2) is 50.3 Å². The van der Waals surface area contributed by atoms with Gasteiger partial charge >= 0.3 is 5.97 Å². The zero-order chi connectivity index (χ0) is 23.1. The van der Waals surface area contributed by atoms with E-state index in [2.05, 4.69) is 15.3 Å². The monoisotopic (exact) mass is 465 g/mol. The first kappa shape index (κ1) is 23.8. The van der Waals surface area contributed by atoms with Crippen LogP contribution in [0.5, 0.6) is 0 Å². The maximum absolute atomic E-state index is 14.5. The summed E-state index contributed by atoms with van der Waals surface area (Å²) in [6.07, 6.45) is 1.42. The van der Waals surface area contributed by atoms with Crippen molar-refractivity contribution in [3.63, 3.8) is 0 Å². The normalized spacial score (nSPS) is 15.9. The molecule has 32 heavy (non-hydrogen) atoms. The number of aliphatic imine (C=N–C) groups is 1. The van der Waals surface area contributed by atoms with Crippen molar-refractivity contribution < 1.29 is 27.8 Å². The number of rotatable bonds is 9. The molecule has 0 amide bonds. The second kappa shape index (κ2) is 11.1. The molecule has 0 radical (unpaired) electrons. The van der Waals surface area contributed by atoms with E-state index in [-0.39, 0.29) is 41.9 Å². The van der Waals surface area contributed by atoms with E-state index in [1.807, 2.05) is 0 Å². The van der Waals surface area contributed by atoms with Crippen LogP contribution in [0.15, 0.2) is 52.8 Å². The minimum Gasteiger partial charge on any atom is -0.463 e. The van der Waals surface area contributed by atoms with Crippen LogP contribution in [0.1, 0.15) is 24.2 Å². The van der Waals surface area contributed by atoms with Crippen molar-refractivity contribution in [2.24, 2.45) is 4.99 Å². The average Bonchev–Trinajstić information content (AvgIpc) is 2.76. The molecule has 7 nitrogen and oxygen atoms in total. The Balaban J connectivity index is 2.13. The second-order valence-electron chi connectivity index (χ2n) is 6.66. The molecule has 0 saturated carbocycles. The van der Waals surface area contributed by atoms with Crippen molar-refractivity contribution in [3.8, 4) is 0 Å². The first-order chi connectivity index (χ1) is 15.5. The largest absolute Gasteiger partial charge is 0.463 e. The predicted octanol–water partition coefficient (Wildman–Crippen LogP) is 3.58. The number of nitrogens with one attached hydrogen (secondary N) is 1. The zero-order valence-corrected chi connectivity index (χ0v) is 18.3. The fourth-order valence-corrected chi connectivity index (χ4v) is 3.37. The van der Waals surface area contributed by atoms with Gasteiger partial charge < -0.3 is 19.5 Å². The number of aromatic nitrogens is 1. The predicted molar refractivity (Wildman–Crippen MR) is 114 cm³/mol. The molecule has 1 unspecified atom stereocenters. The van der Waals surface area contributed by atoms with Crippen molar-refractivity contribution in [2.75, 3.05) is 33.5 Å². The lowest BCUT2D eigenvalue weighted by atomic mass is 9.95. The van der Waals surface area contributed by atoms with Gasteiger partial charge in [0.15, 0.2) is 11.7 Å². The third-order valence-corrected chi connectivity index (χ3v) is 4.87. The molecule has 3 rings (SSSR count). The molecule has 0 saturated heterocycles. The Morgan fingerprint density at radius 2 is 2.06 bits per heavy atom. The average molecular weight is 466 g/mol. The first-order valence-electron chi connectivity index (χ1n) is 9.83. The van der Waals surface area contributed by atoms with E-state index in [1.165, 1.54) is 37.6 Å². The third kappa shape index (κ3) is 5.48. The summed E-state index contributed by atoms with van der Waals surface area (Å²) in [5.74, 6) is -1.73. The quantitative estimate of drug-likeness (QED) is 0.450. The molecule has 0 fully saturated rings. The molecule has 2 heterocycles. The van der Waals surface area contributed by atoms with Crippen LogP contribution >= 0.6 is 11.6 Å². The van der Waals surface area contributed by atoms with Gasteiger partial charge in [-0.2, -0.15) is 0 Å². The first-order valence-corrected chi connectivity index (χ1v) is 10.2. The summed E-state index contributed by atoms with van der Waals surface area (Å²) in [6.45, 7) is 2.34. The fourth-order valence-electron chi connectivity index (χ4n) is 3.10. The molecule has 10 heteroatoms. The zero-order valence-electron chi connectivity index (χ0n) is 17.5. The molecule has 1 atom stereocenters. The van der Waals surface area contributed by atoms with Gasteiger partial charge in [-0.3, -0.25) is 4.99 Å². The highest BCUT2D eigenvalue weighted by molar-refractivity contribution is 6.31. The van der Waals surface area contributed by atoms with Gasteiger partial charge in [0.05, 0.1) is 37.7 Å². The van der Waals surface area contributed by atoms with Gasteiger partial charge in [0, 0.05) is 23.9 Å². The summed E-state index contributed by atoms with van der Waals surface area (Å²) in [6, 6.07) is 5.44. The van der Waals surface area contributed by atoms with Gasteiger partial charge in [-0.05, 0) is 31.2 Å². The topological polar surface area (TPSA) is 82.0 Å². The number of hydrogen-bond acceptors (Lipinski definition) is 7. The van der Waals surface area contributed by atoms with Crippen molar-refractivity contribution in [1.29, 1.82) is 0 Å². The van der Waals surface area contributed by atoms with Crippen LogP contribution in [0, 0.1) is 11.6 Å². The van der Waals surface area contributed by atoms with Gasteiger partial charge in [-0.15, -0.1) is 0 Å². The third-order valence-electron chi connectivity index (χ3n) is 4.54. The van der Waals surface area contributed by atoms with Crippen LogP contribution in [0.3, 0.4) is 0 Å². The number of amidine groups is 1. The van der Waals surface area contributed by atoms with Crippen LogP contribution in [0.4, 0.5) is 8.78 Å². The highest BCUT2D eigenvalue weighted by atomic mass is 35.5. The lowest BCUT2D eigenvalue weighted by molar-refractivity contribution is -0.139. The summed E-state index contributed by atoms with van der Waals surface area (Å²) >= 11 is 6.29. The van der Waals surface area contributed by atoms with Gasteiger partial charge in [0.2, 0.25) is 0 Å². The molecule has 0 spiro atoms. The highest BCUT2D eigenvalue weighted by Crippen LogP contribution is 2.36. The molecule has 0 bridgehead atoms. The van der Waals surface area contributed by atoms with Crippen molar-refractivity contribution in [2.45, 2.75) is 13.0 Å². The summed E-state index contributed by atoms with van der Waals surface area (Å²) in [7, 11) is 1.53. The minimum absolute atomic E-state index is 0.0414. The number of benzene rings is 1. The number of pyridine rings is 1. The number of nitrogens with zero attached hydrogens (tertiary/aromatic N) is 2. The van der Waals surface area contributed by atoms with Gasteiger partial charge in [-0.25, -0.2) is 18.6 Å². The van der Waals surface area contributed by atoms with Gasteiger partial charge in [0.25, 0.3) is 0 Å². The van der Waals surface area contributed by atoms with Crippen LogP contribution in [-0.2, 0) is 19.0 Å². The minimum atomic E-state index is -0.999. The van der Waals surface area contributed by atoms with Gasteiger partial charge in [-0.1, -0.05) is 17.7 Å². The highest BCUT2D eigenvalue weighted by Gasteiger charge is 2.34. The summed E-state index contributed by atoms with van der Waals surface area (Å²) in [5.41, 5.74) is 0.728. The summed E-state index contributed by atoms with van der Waals surface area (Å²) in [5, 5.41) is 3.01. The lowest BCUT2D eigenvalue weighted by Gasteiger charge is -2.28. The molecule has 1 aliphatic rings. The smallest absolute Gasteiger partial charge is 0.338 e. The van der Waals surface area contributed by atoms with E-state index in [1.54, 1.807) is 6.92 Å². The Morgan fingerprint density at radius 1 is 1.25 bits per heavy atom. The number of methoxy groups -OCH3 is 1. The van der Waals surface area contributed by atoms with E-state index in [0.717, 1.165) is 6.07 Å². The van der Waals surface area contributed by atoms with E-state index in [0.29, 0.717) is 17.9 Å². The second-order valence-corrected chi connectivity index (χ2v) is 7.07. The van der Waals surface area contributed by atoms with Crippen molar-refractivity contribution >= 4 is 23.4 Å². The standard InChI is InChI=1S/C22H22ClF2N3O4/c1-3-32-22(29)18-17(12-31-10-9-30-2)27-21(20-16(25)5-4-8-26-20)28-19(18)14-7-6-13(24)11-15(14)23/h4-8,11,19H,3,9-10,12H2,1-2H3,(H,27,28). The Hall–Kier alpha value is -2.88. The number of carbonyl (C=O) groups is 1. The summed E-state index contributed by atoms with van der Waals surface area (Å²) < 4.78 is 44.0. The molecular weight excluding hydrogens is 444 g/mol. The summed E-state index contributed by atoms with van der Waals surface area (Å²) in [4.78, 5) is 21.5. The Labute approximate surface area is 189 Å². The van der Waals surface area contributed by atoms with Crippen LogP contribution in [0.2, 0.25) is 5.02 Å². The molecule has 1 N–H and O–H groups in total. The maximum Gasteiger partial charge on any atom is 0.338 e. The lowest BCUT2D eigenvalue weighted by Crippen LogP contribution is -2.37. The van der Waals surface area contributed by atoms with Crippen molar-refractivity contribution in [1.82, 2.24) is 10.3 Å². The number of esters is 1. The van der Waals surface area contributed by atoms with E-state index in [4.69, 9.17) is 25.8 Å². The molecule has 170 valence electrons. The van der Waals surface area contributed by atoms with Gasteiger partial charge in [0.1, 0.15) is 17.6 Å². The van der Waals surface area contributed by atoms with Crippen molar-refractivity contribution in [3.05, 3.63) is 75.7 Å². The Kier molecular flexibility index (Phi) is 8.26. The molecule has 1 aromatic carbocycles. The maximum atomic E-state index is 14.5.